The molecule has 3 aromatic heterocycles. The van der Waals surface area contributed by atoms with Crippen molar-refractivity contribution in [2.75, 3.05) is 7.11 Å². The molecule has 7 heteroatoms. The molecule has 0 saturated heterocycles. The fourth-order valence-electron chi connectivity index (χ4n) is 4.04. The van der Waals surface area contributed by atoms with E-state index in [1.165, 1.54) is 0 Å². The number of pyridine rings is 1. The van der Waals surface area contributed by atoms with Gasteiger partial charge in [0.05, 0.1) is 36.4 Å². The third kappa shape index (κ3) is 3.86. The summed E-state index contributed by atoms with van der Waals surface area (Å²) in [6, 6.07) is 12.1. The third-order valence-corrected chi connectivity index (χ3v) is 5.55. The van der Waals surface area contributed by atoms with Crippen molar-refractivity contribution in [3.05, 3.63) is 83.7 Å². The van der Waals surface area contributed by atoms with E-state index in [4.69, 9.17) is 14.8 Å². The van der Waals surface area contributed by atoms with E-state index >= 15 is 0 Å². The van der Waals surface area contributed by atoms with Gasteiger partial charge in [0, 0.05) is 18.9 Å². The molecule has 0 aliphatic carbocycles. The lowest BCUT2D eigenvalue weighted by molar-refractivity contribution is 0.413. The largest absolute Gasteiger partial charge is 0.495 e. The zero-order chi connectivity index (χ0) is 21.2. The van der Waals surface area contributed by atoms with Gasteiger partial charge in [0.2, 0.25) is 0 Å². The summed E-state index contributed by atoms with van der Waals surface area (Å²) < 4.78 is 9.59. The molecule has 0 spiro atoms. The Morgan fingerprint density at radius 1 is 1.13 bits per heavy atom. The number of nitrogens with zero attached hydrogens (tertiary/aromatic N) is 6. The normalized spacial score (nSPS) is 15.9. The number of rotatable bonds is 5. The maximum absolute atomic E-state index is 5.61. The van der Waals surface area contributed by atoms with Gasteiger partial charge in [-0.15, -0.1) is 0 Å². The SMILES string of the molecule is COc1cc(/C=C/c2nc3n(n2)CCCC3c2ccccn2)ccc1-n1cnc(C)c1. The van der Waals surface area contributed by atoms with Crippen LogP contribution in [0.3, 0.4) is 0 Å². The Labute approximate surface area is 181 Å². The molecule has 1 aromatic carbocycles. The highest BCUT2D eigenvalue weighted by atomic mass is 16.5. The molecule has 0 N–H and O–H groups in total. The Morgan fingerprint density at radius 3 is 2.84 bits per heavy atom. The molecule has 1 atom stereocenters. The van der Waals surface area contributed by atoms with E-state index in [-0.39, 0.29) is 5.92 Å². The minimum absolute atomic E-state index is 0.197. The zero-order valence-electron chi connectivity index (χ0n) is 17.6. The van der Waals surface area contributed by atoms with Crippen LogP contribution in [-0.4, -0.2) is 36.4 Å². The Kier molecular flexibility index (Phi) is 5.08. The van der Waals surface area contributed by atoms with Crippen LogP contribution in [0.15, 0.2) is 55.1 Å². The minimum atomic E-state index is 0.197. The lowest BCUT2D eigenvalue weighted by Gasteiger charge is -2.21. The standard InChI is InChI=1S/C24H24N6O/c1-17-15-29(16-26-17)21-10-8-18(14-22(21)31-2)9-11-23-27-24-19(6-5-13-30(24)28-23)20-7-3-4-12-25-20/h3-4,7-12,14-16,19H,5-6,13H2,1-2H3/b11-9+. The first-order chi connectivity index (χ1) is 15.2. The minimum Gasteiger partial charge on any atom is -0.495 e. The molecule has 1 aliphatic heterocycles. The van der Waals surface area contributed by atoms with Crippen molar-refractivity contribution >= 4 is 12.2 Å². The maximum atomic E-state index is 5.61. The summed E-state index contributed by atoms with van der Waals surface area (Å²) >= 11 is 0. The Morgan fingerprint density at radius 2 is 2.06 bits per heavy atom. The van der Waals surface area contributed by atoms with Crippen molar-refractivity contribution in [2.45, 2.75) is 32.2 Å². The van der Waals surface area contributed by atoms with E-state index < -0.39 is 0 Å². The summed E-state index contributed by atoms with van der Waals surface area (Å²) in [6.45, 7) is 2.86. The number of imidazole rings is 1. The Hall–Kier alpha value is -3.74. The number of ether oxygens (including phenoxy) is 1. The van der Waals surface area contributed by atoms with Crippen LogP contribution < -0.4 is 4.74 Å². The summed E-state index contributed by atoms with van der Waals surface area (Å²) in [6.07, 6.45) is 11.7. The number of methoxy groups -OCH3 is 1. The van der Waals surface area contributed by atoms with E-state index in [2.05, 4.69) is 22.1 Å². The molecule has 4 aromatic rings. The lowest BCUT2D eigenvalue weighted by Crippen LogP contribution is -2.18. The number of fused-ring (bicyclic) bond motifs is 1. The maximum Gasteiger partial charge on any atom is 0.174 e. The number of hydrogen-bond donors (Lipinski definition) is 0. The highest BCUT2D eigenvalue weighted by Crippen LogP contribution is 2.31. The van der Waals surface area contributed by atoms with Crippen LogP contribution in [0.1, 0.15) is 47.4 Å². The molecule has 0 radical (unpaired) electrons. The first kappa shape index (κ1) is 19.2. The van der Waals surface area contributed by atoms with Crippen molar-refractivity contribution in [2.24, 2.45) is 0 Å². The molecule has 156 valence electrons. The number of hydrogen-bond acceptors (Lipinski definition) is 5. The van der Waals surface area contributed by atoms with Gasteiger partial charge in [-0.25, -0.2) is 14.6 Å². The number of aromatic nitrogens is 6. The predicted molar refractivity (Wildman–Crippen MR) is 119 cm³/mol. The quantitative estimate of drug-likeness (QED) is 0.489. The van der Waals surface area contributed by atoms with Gasteiger partial charge in [-0.05, 0) is 55.7 Å². The van der Waals surface area contributed by atoms with E-state index in [0.29, 0.717) is 5.82 Å². The molecule has 0 fully saturated rings. The summed E-state index contributed by atoms with van der Waals surface area (Å²) in [5.41, 5.74) is 3.99. The van der Waals surface area contributed by atoms with E-state index in [9.17, 15) is 0 Å². The lowest BCUT2D eigenvalue weighted by atomic mass is 9.95. The summed E-state index contributed by atoms with van der Waals surface area (Å²) in [5, 5.41) is 4.70. The van der Waals surface area contributed by atoms with Crippen molar-refractivity contribution in [3.63, 3.8) is 0 Å². The monoisotopic (exact) mass is 412 g/mol. The van der Waals surface area contributed by atoms with Gasteiger partial charge in [0.25, 0.3) is 0 Å². The van der Waals surface area contributed by atoms with Crippen molar-refractivity contribution in [3.8, 4) is 11.4 Å². The van der Waals surface area contributed by atoms with Crippen LogP contribution in [-0.2, 0) is 6.54 Å². The second kappa shape index (κ2) is 8.18. The van der Waals surface area contributed by atoms with Crippen LogP contribution in [0.2, 0.25) is 0 Å². The molecule has 0 amide bonds. The van der Waals surface area contributed by atoms with Gasteiger partial charge in [0.15, 0.2) is 5.82 Å². The summed E-state index contributed by atoms with van der Waals surface area (Å²) in [7, 11) is 1.68. The van der Waals surface area contributed by atoms with Crippen molar-refractivity contribution in [1.29, 1.82) is 0 Å². The van der Waals surface area contributed by atoms with Gasteiger partial charge in [0.1, 0.15) is 11.6 Å². The Balaban J connectivity index is 1.41. The second-order valence-corrected chi connectivity index (χ2v) is 7.69. The van der Waals surface area contributed by atoms with Crippen LogP contribution in [0.5, 0.6) is 5.75 Å². The van der Waals surface area contributed by atoms with E-state index in [1.807, 2.05) is 65.0 Å². The van der Waals surface area contributed by atoms with Gasteiger partial charge in [-0.2, -0.15) is 5.10 Å². The average Bonchev–Trinajstić information content (AvgIpc) is 3.43. The highest BCUT2D eigenvalue weighted by Gasteiger charge is 2.26. The van der Waals surface area contributed by atoms with Crippen LogP contribution in [0.25, 0.3) is 17.8 Å². The first-order valence-electron chi connectivity index (χ1n) is 10.4. The third-order valence-electron chi connectivity index (χ3n) is 5.55. The molecule has 1 aliphatic rings. The Bertz CT molecular complexity index is 1220. The van der Waals surface area contributed by atoms with Gasteiger partial charge in [-0.1, -0.05) is 18.2 Å². The van der Waals surface area contributed by atoms with E-state index in [1.54, 1.807) is 13.4 Å². The van der Waals surface area contributed by atoms with Crippen LogP contribution >= 0.6 is 0 Å². The first-order valence-corrected chi connectivity index (χ1v) is 10.4. The molecule has 1 unspecified atom stereocenters. The smallest absolute Gasteiger partial charge is 0.174 e. The molecule has 7 nitrogen and oxygen atoms in total. The molecule has 5 rings (SSSR count). The topological polar surface area (TPSA) is 70.7 Å². The van der Waals surface area contributed by atoms with Crippen LogP contribution in [0, 0.1) is 6.92 Å². The molecule has 0 saturated carbocycles. The number of aryl methyl sites for hydroxylation is 2. The molecule has 0 bridgehead atoms. The number of benzene rings is 1. The molecule has 4 heterocycles. The van der Waals surface area contributed by atoms with Gasteiger partial charge in [-0.3, -0.25) is 4.98 Å². The van der Waals surface area contributed by atoms with Crippen LogP contribution in [0.4, 0.5) is 0 Å². The van der Waals surface area contributed by atoms with Gasteiger partial charge >= 0.3 is 0 Å². The van der Waals surface area contributed by atoms with E-state index in [0.717, 1.165) is 53.6 Å². The second-order valence-electron chi connectivity index (χ2n) is 7.69. The highest BCUT2D eigenvalue weighted by molar-refractivity contribution is 5.69. The molecular weight excluding hydrogens is 388 g/mol. The summed E-state index contributed by atoms with van der Waals surface area (Å²) in [4.78, 5) is 13.7. The molecular formula is C24H24N6O. The average molecular weight is 412 g/mol. The predicted octanol–water partition coefficient (Wildman–Crippen LogP) is 4.27. The zero-order valence-corrected chi connectivity index (χ0v) is 17.6. The fourth-order valence-corrected chi connectivity index (χ4v) is 4.04. The van der Waals surface area contributed by atoms with Crippen molar-refractivity contribution < 1.29 is 4.74 Å². The van der Waals surface area contributed by atoms with Gasteiger partial charge < -0.3 is 9.30 Å². The summed E-state index contributed by atoms with van der Waals surface area (Å²) in [5.74, 6) is 2.69. The fraction of sp³-hybridized carbons (Fsp3) is 0.250. The molecule has 31 heavy (non-hydrogen) atoms. The van der Waals surface area contributed by atoms with Crippen molar-refractivity contribution in [1.82, 2.24) is 29.3 Å².